The van der Waals surface area contributed by atoms with Crippen molar-refractivity contribution in [2.45, 2.75) is 63.7 Å². The maximum atomic E-state index is 12.4. The van der Waals surface area contributed by atoms with Crippen LogP contribution in [0.1, 0.15) is 52.0 Å². The molecule has 4 rings (SSSR count). The molecule has 5 nitrogen and oxygen atoms in total. The normalized spacial score (nSPS) is 21.7. The lowest BCUT2D eigenvalue weighted by molar-refractivity contribution is 0.322. The minimum absolute atomic E-state index is 0.0723. The summed E-state index contributed by atoms with van der Waals surface area (Å²) >= 11 is 0. The van der Waals surface area contributed by atoms with Gasteiger partial charge in [-0.1, -0.05) is 18.2 Å². The number of anilines is 3. The number of nitrogens with zero attached hydrogens (tertiary/aromatic N) is 1. The predicted molar refractivity (Wildman–Crippen MR) is 130 cm³/mol. The van der Waals surface area contributed by atoms with Gasteiger partial charge in [-0.05, 0) is 94.7 Å². The molecule has 0 atom stereocenters. The molecule has 1 aliphatic carbocycles. The number of para-hydroxylation sites is 1. The average molecular weight is 442 g/mol. The summed E-state index contributed by atoms with van der Waals surface area (Å²) < 4.78 is 26.9. The second kappa shape index (κ2) is 8.83. The molecule has 31 heavy (non-hydrogen) atoms. The van der Waals surface area contributed by atoms with Gasteiger partial charge in [0.15, 0.2) is 0 Å². The number of fused-ring (bicyclic) bond motifs is 1. The smallest absolute Gasteiger partial charge is 0.216 e. The van der Waals surface area contributed by atoms with Gasteiger partial charge in [0.05, 0.1) is 4.75 Å². The first-order valence-corrected chi connectivity index (χ1v) is 12.9. The van der Waals surface area contributed by atoms with Gasteiger partial charge in [0.1, 0.15) is 0 Å². The SMILES string of the molecule is CC(C)(C)S(=O)(=O)NC1CCC(CNc2ccc(N3CCc4ccccc43)cc2)CC1. The Labute approximate surface area is 187 Å². The zero-order chi connectivity index (χ0) is 22.1. The minimum Gasteiger partial charge on any atom is -0.385 e. The molecule has 2 aromatic carbocycles. The van der Waals surface area contributed by atoms with E-state index in [1.165, 1.54) is 16.9 Å². The van der Waals surface area contributed by atoms with Gasteiger partial charge < -0.3 is 10.2 Å². The Morgan fingerprint density at radius 1 is 0.968 bits per heavy atom. The summed E-state index contributed by atoms with van der Waals surface area (Å²) in [6.45, 7) is 7.22. The molecular formula is C25H35N3O2S. The first kappa shape index (κ1) is 22.2. The van der Waals surface area contributed by atoms with Gasteiger partial charge in [-0.3, -0.25) is 0 Å². The van der Waals surface area contributed by atoms with Crippen molar-refractivity contribution in [2.24, 2.45) is 5.92 Å². The second-order valence-corrected chi connectivity index (χ2v) is 12.4. The summed E-state index contributed by atoms with van der Waals surface area (Å²) in [5, 5.41) is 3.58. The largest absolute Gasteiger partial charge is 0.385 e. The zero-order valence-corrected chi connectivity index (χ0v) is 19.7. The van der Waals surface area contributed by atoms with E-state index < -0.39 is 14.8 Å². The number of benzene rings is 2. The molecular weight excluding hydrogens is 406 g/mol. The van der Waals surface area contributed by atoms with Crippen LogP contribution in [0.25, 0.3) is 0 Å². The molecule has 0 radical (unpaired) electrons. The fourth-order valence-electron chi connectivity index (χ4n) is 4.51. The van der Waals surface area contributed by atoms with E-state index in [4.69, 9.17) is 0 Å². The lowest BCUT2D eigenvalue weighted by Gasteiger charge is -2.31. The molecule has 1 heterocycles. The molecule has 1 saturated carbocycles. The summed E-state index contributed by atoms with van der Waals surface area (Å²) in [7, 11) is -3.27. The highest BCUT2D eigenvalue weighted by atomic mass is 32.2. The molecule has 0 amide bonds. The van der Waals surface area contributed by atoms with E-state index >= 15 is 0 Å². The van der Waals surface area contributed by atoms with Gasteiger partial charge in [0, 0.05) is 36.2 Å². The third-order valence-corrected chi connectivity index (χ3v) is 8.89. The van der Waals surface area contributed by atoms with Gasteiger partial charge in [0.2, 0.25) is 10.0 Å². The van der Waals surface area contributed by atoms with Gasteiger partial charge >= 0.3 is 0 Å². The lowest BCUT2D eigenvalue weighted by atomic mass is 9.86. The summed E-state index contributed by atoms with van der Waals surface area (Å²) in [5.74, 6) is 0.584. The molecule has 168 valence electrons. The Morgan fingerprint density at radius 3 is 2.32 bits per heavy atom. The van der Waals surface area contributed by atoms with E-state index in [1.807, 2.05) is 0 Å². The van der Waals surface area contributed by atoms with Gasteiger partial charge in [-0.25, -0.2) is 13.1 Å². The highest BCUT2D eigenvalue weighted by molar-refractivity contribution is 7.90. The zero-order valence-electron chi connectivity index (χ0n) is 18.9. The van der Waals surface area contributed by atoms with E-state index in [1.54, 1.807) is 20.8 Å². The van der Waals surface area contributed by atoms with E-state index in [9.17, 15) is 8.42 Å². The molecule has 1 aliphatic heterocycles. The van der Waals surface area contributed by atoms with E-state index in [-0.39, 0.29) is 6.04 Å². The molecule has 0 unspecified atom stereocenters. The molecule has 0 saturated heterocycles. The number of rotatable bonds is 6. The Kier molecular flexibility index (Phi) is 6.31. The van der Waals surface area contributed by atoms with Crippen molar-refractivity contribution in [3.63, 3.8) is 0 Å². The second-order valence-electron chi connectivity index (χ2n) is 9.91. The van der Waals surface area contributed by atoms with Crippen LogP contribution in [0.4, 0.5) is 17.1 Å². The standard InChI is InChI=1S/C25H35N3O2S/c1-25(2,3)31(29,30)27-22-10-8-19(9-11-22)18-26-21-12-14-23(15-13-21)28-17-16-20-6-4-5-7-24(20)28/h4-7,12-15,19,22,26-27H,8-11,16-18H2,1-3H3. The summed E-state index contributed by atoms with van der Waals surface area (Å²) in [6, 6.07) is 17.4. The fourth-order valence-corrected chi connectivity index (χ4v) is 5.54. The highest BCUT2D eigenvalue weighted by Crippen LogP contribution is 2.34. The van der Waals surface area contributed by atoms with Crippen LogP contribution in [0.15, 0.2) is 48.5 Å². The number of sulfonamides is 1. The summed E-state index contributed by atoms with van der Waals surface area (Å²) in [4.78, 5) is 2.39. The number of nitrogens with one attached hydrogen (secondary N) is 2. The maximum absolute atomic E-state index is 12.4. The molecule has 1 fully saturated rings. The predicted octanol–water partition coefficient (Wildman–Crippen LogP) is 5.07. The molecule has 2 aliphatic rings. The van der Waals surface area contributed by atoms with Crippen LogP contribution in [0, 0.1) is 5.92 Å². The van der Waals surface area contributed by atoms with Gasteiger partial charge in [-0.2, -0.15) is 0 Å². The Balaban J connectivity index is 1.26. The average Bonchev–Trinajstić information content (AvgIpc) is 3.17. The molecule has 0 aromatic heterocycles. The van der Waals surface area contributed by atoms with Crippen LogP contribution < -0.4 is 14.9 Å². The molecule has 2 N–H and O–H groups in total. The van der Waals surface area contributed by atoms with Crippen molar-refractivity contribution in [1.82, 2.24) is 4.72 Å². The van der Waals surface area contributed by atoms with Crippen LogP contribution in [-0.4, -0.2) is 32.3 Å². The van der Waals surface area contributed by atoms with Crippen LogP contribution in [0.2, 0.25) is 0 Å². The van der Waals surface area contributed by atoms with E-state index in [2.05, 4.69) is 63.5 Å². The van der Waals surface area contributed by atoms with Crippen molar-refractivity contribution >= 4 is 27.1 Å². The highest BCUT2D eigenvalue weighted by Gasteiger charge is 2.32. The summed E-state index contributed by atoms with van der Waals surface area (Å²) in [5.41, 5.74) is 5.13. The Bertz CT molecular complexity index is 988. The van der Waals surface area contributed by atoms with Crippen LogP contribution >= 0.6 is 0 Å². The van der Waals surface area contributed by atoms with Crippen LogP contribution in [-0.2, 0) is 16.4 Å². The molecule has 6 heteroatoms. The van der Waals surface area contributed by atoms with Crippen molar-refractivity contribution in [1.29, 1.82) is 0 Å². The minimum atomic E-state index is -3.27. The molecule has 0 spiro atoms. The van der Waals surface area contributed by atoms with Gasteiger partial charge in [-0.15, -0.1) is 0 Å². The topological polar surface area (TPSA) is 61.4 Å². The van der Waals surface area contributed by atoms with Crippen LogP contribution in [0.3, 0.4) is 0 Å². The fraction of sp³-hybridized carbons (Fsp3) is 0.520. The molecule has 0 bridgehead atoms. The van der Waals surface area contributed by atoms with E-state index in [0.717, 1.165) is 50.9 Å². The molecule has 2 aromatic rings. The summed E-state index contributed by atoms with van der Waals surface area (Å²) in [6.07, 6.45) is 5.02. The number of hydrogen-bond acceptors (Lipinski definition) is 4. The monoisotopic (exact) mass is 441 g/mol. The van der Waals surface area contributed by atoms with Crippen molar-refractivity contribution < 1.29 is 8.42 Å². The van der Waals surface area contributed by atoms with Crippen molar-refractivity contribution in [3.8, 4) is 0 Å². The van der Waals surface area contributed by atoms with Crippen molar-refractivity contribution in [3.05, 3.63) is 54.1 Å². The lowest BCUT2D eigenvalue weighted by Crippen LogP contribution is -2.46. The maximum Gasteiger partial charge on any atom is 0.216 e. The quantitative estimate of drug-likeness (QED) is 0.657. The van der Waals surface area contributed by atoms with E-state index in [0.29, 0.717) is 5.92 Å². The Morgan fingerprint density at radius 2 is 1.65 bits per heavy atom. The third kappa shape index (κ3) is 5.07. The first-order chi connectivity index (χ1) is 14.7. The third-order valence-electron chi connectivity index (χ3n) is 6.64. The number of hydrogen-bond donors (Lipinski definition) is 2. The Hall–Kier alpha value is -2.05. The van der Waals surface area contributed by atoms with Gasteiger partial charge in [0.25, 0.3) is 0 Å². The first-order valence-electron chi connectivity index (χ1n) is 11.4. The van der Waals surface area contributed by atoms with Crippen LogP contribution in [0.5, 0.6) is 0 Å². The van der Waals surface area contributed by atoms with Crippen molar-refractivity contribution in [2.75, 3.05) is 23.3 Å².